The second kappa shape index (κ2) is 8.13. The maximum atomic E-state index is 12.9. The lowest BCUT2D eigenvalue weighted by atomic mass is 9.81. The highest BCUT2D eigenvalue weighted by molar-refractivity contribution is 7.38. The average Bonchev–Trinajstić information content (AvgIpc) is 3.48. The van der Waals surface area contributed by atoms with Gasteiger partial charge in [0, 0.05) is 23.7 Å². The lowest BCUT2D eigenvalue weighted by Gasteiger charge is -2.28. The molecule has 2 aromatic carbocycles. The first-order valence-electron chi connectivity index (χ1n) is 10.6. The molecule has 2 saturated heterocycles. The largest absolute Gasteiger partial charge is 0.454 e. The minimum Gasteiger partial charge on any atom is -0.454 e. The van der Waals surface area contributed by atoms with Crippen LogP contribution in [0.5, 0.6) is 0 Å². The van der Waals surface area contributed by atoms with Crippen molar-refractivity contribution < 1.29 is 19.1 Å². The van der Waals surface area contributed by atoms with Gasteiger partial charge in [-0.3, -0.25) is 0 Å². The molecule has 2 heterocycles. The van der Waals surface area contributed by atoms with Gasteiger partial charge < -0.3 is 14.8 Å². The molecule has 1 saturated carbocycles. The summed E-state index contributed by atoms with van der Waals surface area (Å²) in [5.74, 6) is -0.107. The van der Waals surface area contributed by atoms with Crippen molar-refractivity contribution in [2.45, 2.75) is 42.8 Å². The van der Waals surface area contributed by atoms with E-state index in [1.165, 1.54) is 0 Å². The summed E-state index contributed by atoms with van der Waals surface area (Å²) in [6.45, 7) is 2.17. The van der Waals surface area contributed by atoms with Gasteiger partial charge in [-0.25, -0.2) is 9.59 Å². The molecule has 2 bridgehead atoms. The second-order valence-electron chi connectivity index (χ2n) is 8.40. The van der Waals surface area contributed by atoms with Crippen molar-refractivity contribution in [1.82, 2.24) is 5.32 Å². The SMILES string of the molecule is CPC1C(OC(=O)c2ccccc2)C(OC(=O)c2ccccc2)C2C3CCC(N3)C12. The zero-order chi connectivity index (χ0) is 20.7. The van der Waals surface area contributed by atoms with E-state index in [1.807, 2.05) is 36.4 Å². The predicted octanol–water partition coefficient (Wildman–Crippen LogP) is 3.49. The Morgan fingerprint density at radius 1 is 0.800 bits per heavy atom. The molecule has 3 fully saturated rings. The van der Waals surface area contributed by atoms with E-state index in [9.17, 15) is 9.59 Å². The van der Waals surface area contributed by atoms with Gasteiger partial charge in [-0.1, -0.05) is 36.4 Å². The molecule has 3 aliphatic rings. The van der Waals surface area contributed by atoms with Gasteiger partial charge in [-0.2, -0.15) is 0 Å². The van der Waals surface area contributed by atoms with E-state index in [2.05, 4.69) is 12.0 Å². The summed E-state index contributed by atoms with van der Waals surface area (Å²) in [5, 5.41) is 3.72. The minimum atomic E-state index is -0.421. The van der Waals surface area contributed by atoms with Crippen LogP contribution in [-0.2, 0) is 9.47 Å². The van der Waals surface area contributed by atoms with Gasteiger partial charge in [0.15, 0.2) is 0 Å². The summed E-state index contributed by atoms with van der Waals surface area (Å²) in [5.41, 5.74) is 1.27. The maximum Gasteiger partial charge on any atom is 0.338 e. The van der Waals surface area contributed by atoms with Crippen LogP contribution in [-0.4, -0.2) is 48.6 Å². The number of nitrogens with one attached hydrogen (secondary N) is 1. The summed E-state index contributed by atoms with van der Waals surface area (Å²) in [6.07, 6.45) is 1.40. The summed E-state index contributed by atoms with van der Waals surface area (Å²) in [4.78, 5) is 25.8. The fourth-order valence-corrected chi connectivity index (χ4v) is 7.12. The van der Waals surface area contributed by atoms with Crippen LogP contribution < -0.4 is 5.32 Å². The second-order valence-corrected chi connectivity index (χ2v) is 9.64. The Bertz CT molecular complexity index is 921. The van der Waals surface area contributed by atoms with E-state index in [1.54, 1.807) is 24.3 Å². The number of hydrogen-bond acceptors (Lipinski definition) is 5. The molecule has 0 radical (unpaired) electrons. The Kier molecular flexibility index (Phi) is 5.34. The lowest BCUT2D eigenvalue weighted by Crippen LogP contribution is -2.42. The van der Waals surface area contributed by atoms with Gasteiger partial charge in [0.2, 0.25) is 0 Å². The number of carbonyl (C=O) groups excluding carboxylic acids is 2. The summed E-state index contributed by atoms with van der Waals surface area (Å²) < 4.78 is 12.2. The van der Waals surface area contributed by atoms with Gasteiger partial charge in [0.05, 0.1) is 11.1 Å². The van der Waals surface area contributed by atoms with Gasteiger partial charge in [-0.15, -0.1) is 8.58 Å². The van der Waals surface area contributed by atoms with Gasteiger partial charge in [0.1, 0.15) is 12.2 Å². The molecule has 2 aliphatic heterocycles. The van der Waals surface area contributed by atoms with E-state index >= 15 is 0 Å². The van der Waals surface area contributed by atoms with E-state index in [-0.39, 0.29) is 23.5 Å². The fraction of sp³-hybridized carbons (Fsp3) is 0.417. The molecule has 6 heteroatoms. The number of esters is 2. The normalized spacial score (nSPS) is 34.2. The molecule has 0 spiro atoms. The van der Waals surface area contributed by atoms with Crippen LogP contribution in [0.4, 0.5) is 0 Å². The number of benzene rings is 2. The van der Waals surface area contributed by atoms with Crippen molar-refractivity contribution in [3.63, 3.8) is 0 Å². The summed E-state index contributed by atoms with van der Waals surface area (Å²) in [6, 6.07) is 18.9. The van der Waals surface area contributed by atoms with Crippen LogP contribution in [0.1, 0.15) is 33.6 Å². The minimum absolute atomic E-state index is 0.197. The summed E-state index contributed by atoms with van der Waals surface area (Å²) >= 11 is 0. The molecule has 5 nitrogen and oxygen atoms in total. The van der Waals surface area contributed by atoms with Crippen molar-refractivity contribution in [3.8, 4) is 0 Å². The Morgan fingerprint density at radius 2 is 1.30 bits per heavy atom. The van der Waals surface area contributed by atoms with Crippen LogP contribution in [0.2, 0.25) is 0 Å². The molecule has 5 rings (SSSR count). The molecule has 1 N–H and O–H groups in total. The van der Waals surface area contributed by atoms with Crippen LogP contribution in [0.15, 0.2) is 60.7 Å². The molecule has 8 unspecified atom stereocenters. The Hall–Kier alpha value is -2.23. The fourth-order valence-electron chi connectivity index (χ4n) is 5.70. The van der Waals surface area contributed by atoms with E-state index in [0.717, 1.165) is 12.8 Å². The molecular formula is C24H26NO4P. The molecule has 0 amide bonds. The third kappa shape index (κ3) is 3.34. The third-order valence-electron chi connectivity index (χ3n) is 6.90. The van der Waals surface area contributed by atoms with Crippen LogP contribution in [0.25, 0.3) is 0 Å². The highest BCUT2D eigenvalue weighted by atomic mass is 31.1. The van der Waals surface area contributed by atoms with Gasteiger partial charge >= 0.3 is 11.9 Å². The molecular weight excluding hydrogens is 397 g/mol. The van der Waals surface area contributed by atoms with Crippen LogP contribution in [0.3, 0.4) is 0 Å². The zero-order valence-corrected chi connectivity index (χ0v) is 17.9. The van der Waals surface area contributed by atoms with Crippen LogP contribution >= 0.6 is 8.58 Å². The smallest absolute Gasteiger partial charge is 0.338 e. The number of fused-ring (bicyclic) bond motifs is 5. The Labute approximate surface area is 178 Å². The first-order chi connectivity index (χ1) is 14.7. The van der Waals surface area contributed by atoms with Crippen molar-refractivity contribution in [1.29, 1.82) is 0 Å². The number of carbonyl (C=O) groups is 2. The van der Waals surface area contributed by atoms with Crippen molar-refractivity contribution in [2.75, 3.05) is 6.66 Å². The molecule has 0 aromatic heterocycles. The van der Waals surface area contributed by atoms with Crippen molar-refractivity contribution >= 4 is 20.5 Å². The Balaban J connectivity index is 1.44. The van der Waals surface area contributed by atoms with E-state index in [4.69, 9.17) is 9.47 Å². The highest BCUT2D eigenvalue weighted by Crippen LogP contribution is 2.54. The number of rotatable bonds is 5. The van der Waals surface area contributed by atoms with E-state index < -0.39 is 12.2 Å². The van der Waals surface area contributed by atoms with Crippen LogP contribution in [0, 0.1) is 11.8 Å². The topological polar surface area (TPSA) is 64.6 Å². The number of hydrogen-bond donors (Lipinski definition) is 1. The maximum absolute atomic E-state index is 12.9. The monoisotopic (exact) mass is 423 g/mol. The molecule has 1 aliphatic carbocycles. The quantitative estimate of drug-likeness (QED) is 0.589. The first-order valence-corrected chi connectivity index (χ1v) is 12.2. The average molecular weight is 423 g/mol. The molecule has 8 atom stereocenters. The molecule has 156 valence electrons. The first kappa shape index (κ1) is 19.7. The standard InChI is InChI=1S/C24H26NO4P/c1-30-22-19-17-13-12-16(25-17)18(19)20(28-23(26)14-8-4-2-5-9-14)21(22)29-24(27)15-10-6-3-7-11-15/h2-11,16-22,25,30H,12-13H2,1H3. The lowest BCUT2D eigenvalue weighted by molar-refractivity contribution is -0.0374. The third-order valence-corrected chi connectivity index (χ3v) is 8.28. The zero-order valence-electron chi connectivity index (χ0n) is 16.9. The summed E-state index contributed by atoms with van der Waals surface area (Å²) in [7, 11) is 0.612. The van der Waals surface area contributed by atoms with E-state index in [0.29, 0.717) is 37.7 Å². The number of ether oxygens (including phenoxy) is 2. The van der Waals surface area contributed by atoms with Crippen molar-refractivity contribution in [3.05, 3.63) is 71.8 Å². The van der Waals surface area contributed by atoms with Gasteiger partial charge in [0.25, 0.3) is 0 Å². The highest BCUT2D eigenvalue weighted by Gasteiger charge is 2.63. The van der Waals surface area contributed by atoms with Gasteiger partial charge in [-0.05, 0) is 49.7 Å². The molecule has 30 heavy (non-hydrogen) atoms. The Morgan fingerprint density at radius 3 is 1.83 bits per heavy atom. The van der Waals surface area contributed by atoms with Crippen molar-refractivity contribution in [2.24, 2.45) is 11.8 Å². The predicted molar refractivity (Wildman–Crippen MR) is 116 cm³/mol. The molecule has 2 aromatic rings.